The van der Waals surface area contributed by atoms with E-state index >= 15 is 0 Å². The number of ether oxygens (including phenoxy) is 1. The van der Waals surface area contributed by atoms with Crippen LogP contribution in [0.2, 0.25) is 0 Å². The minimum absolute atomic E-state index is 0.159. The van der Waals surface area contributed by atoms with Gasteiger partial charge in [0.15, 0.2) is 0 Å². The van der Waals surface area contributed by atoms with Crippen LogP contribution in [-0.2, 0) is 11.2 Å². The van der Waals surface area contributed by atoms with Crippen LogP contribution in [0.15, 0.2) is 22.7 Å². The molecule has 0 amide bonds. The molecule has 3 fully saturated rings. The summed E-state index contributed by atoms with van der Waals surface area (Å²) in [7, 11) is 0. The zero-order valence-corrected chi connectivity index (χ0v) is 14.9. The molecule has 2 bridgehead atoms. The van der Waals surface area contributed by atoms with Gasteiger partial charge in [-0.1, -0.05) is 28.9 Å². The summed E-state index contributed by atoms with van der Waals surface area (Å²) in [6, 6.07) is 6.87. The van der Waals surface area contributed by atoms with Crippen molar-refractivity contribution >= 4 is 15.9 Å². The maximum atomic E-state index is 6.47. The van der Waals surface area contributed by atoms with Gasteiger partial charge in [-0.3, -0.25) is 0 Å². The maximum absolute atomic E-state index is 6.47. The second-order valence-electron chi connectivity index (χ2n) is 7.81. The molecule has 1 nitrogen and oxygen atoms in total. The zero-order chi connectivity index (χ0) is 14.8. The van der Waals surface area contributed by atoms with E-state index in [1.165, 1.54) is 35.7 Å². The van der Waals surface area contributed by atoms with Crippen molar-refractivity contribution in [2.75, 3.05) is 0 Å². The van der Waals surface area contributed by atoms with Crippen molar-refractivity contribution in [3.05, 3.63) is 33.8 Å². The molecule has 21 heavy (non-hydrogen) atoms. The van der Waals surface area contributed by atoms with Crippen molar-refractivity contribution in [3.8, 4) is 0 Å². The van der Waals surface area contributed by atoms with E-state index in [1.807, 2.05) is 0 Å². The lowest BCUT2D eigenvalue weighted by atomic mass is 9.69. The third kappa shape index (κ3) is 1.98. The molecular formula is C19H25BrO. The second kappa shape index (κ2) is 4.58. The molecule has 3 aliphatic rings. The van der Waals surface area contributed by atoms with Crippen molar-refractivity contribution in [2.24, 2.45) is 11.8 Å². The van der Waals surface area contributed by atoms with E-state index in [-0.39, 0.29) is 11.2 Å². The summed E-state index contributed by atoms with van der Waals surface area (Å²) in [6.07, 6.45) is 6.30. The summed E-state index contributed by atoms with van der Waals surface area (Å²) >= 11 is 3.67. The molecule has 2 heteroatoms. The first-order valence-electron chi connectivity index (χ1n) is 8.44. The van der Waals surface area contributed by atoms with Gasteiger partial charge in [-0.05, 0) is 87.0 Å². The highest BCUT2D eigenvalue weighted by atomic mass is 79.9. The largest absolute Gasteiger partial charge is 0.369 e. The van der Waals surface area contributed by atoms with Crippen LogP contribution in [0.5, 0.6) is 0 Å². The van der Waals surface area contributed by atoms with Crippen LogP contribution in [-0.4, -0.2) is 11.2 Å². The van der Waals surface area contributed by atoms with Gasteiger partial charge in [0.25, 0.3) is 0 Å². The van der Waals surface area contributed by atoms with Crippen molar-refractivity contribution < 1.29 is 4.74 Å². The molecule has 1 aliphatic carbocycles. The summed E-state index contributed by atoms with van der Waals surface area (Å²) in [6.45, 7) is 7.01. The van der Waals surface area contributed by atoms with E-state index < -0.39 is 0 Å². The molecule has 1 saturated carbocycles. The van der Waals surface area contributed by atoms with Crippen molar-refractivity contribution in [3.63, 3.8) is 0 Å². The highest BCUT2D eigenvalue weighted by Gasteiger charge is 2.65. The molecule has 1 aromatic carbocycles. The van der Waals surface area contributed by atoms with Crippen LogP contribution in [0, 0.1) is 11.8 Å². The fourth-order valence-electron chi connectivity index (χ4n) is 5.56. The fourth-order valence-corrected chi connectivity index (χ4v) is 5.94. The Morgan fingerprint density at radius 3 is 2.33 bits per heavy atom. The van der Waals surface area contributed by atoms with Gasteiger partial charge >= 0.3 is 0 Å². The molecule has 0 N–H and O–H groups in total. The summed E-state index contributed by atoms with van der Waals surface area (Å²) in [5.41, 5.74) is 3.44. The van der Waals surface area contributed by atoms with Gasteiger partial charge in [0, 0.05) is 4.47 Å². The summed E-state index contributed by atoms with van der Waals surface area (Å²) in [5.74, 6) is 2.27. The number of benzene rings is 1. The predicted molar refractivity (Wildman–Crippen MR) is 89.6 cm³/mol. The highest BCUT2D eigenvalue weighted by molar-refractivity contribution is 9.10. The molecule has 4 unspecified atom stereocenters. The quantitative estimate of drug-likeness (QED) is 0.689. The summed E-state index contributed by atoms with van der Waals surface area (Å²) < 4.78 is 7.69. The van der Waals surface area contributed by atoms with Crippen LogP contribution in [0.4, 0.5) is 0 Å². The van der Waals surface area contributed by atoms with E-state index in [2.05, 4.69) is 54.9 Å². The molecule has 2 saturated heterocycles. The average molecular weight is 349 g/mol. The Balaban J connectivity index is 1.68. The maximum Gasteiger partial charge on any atom is 0.0695 e. The number of aryl methyl sites for hydroxylation is 1. The fraction of sp³-hybridized carbons (Fsp3) is 0.684. The lowest BCUT2D eigenvalue weighted by Gasteiger charge is -2.31. The Labute approximate surface area is 136 Å². The molecule has 1 aromatic rings. The van der Waals surface area contributed by atoms with Gasteiger partial charge in [0.05, 0.1) is 11.2 Å². The van der Waals surface area contributed by atoms with Crippen LogP contribution in [0.3, 0.4) is 0 Å². The molecule has 0 spiro atoms. The minimum atomic E-state index is 0.159. The Morgan fingerprint density at radius 2 is 1.76 bits per heavy atom. The van der Waals surface area contributed by atoms with Crippen molar-refractivity contribution in [1.29, 1.82) is 0 Å². The lowest BCUT2D eigenvalue weighted by molar-refractivity contribution is -0.0488. The van der Waals surface area contributed by atoms with E-state index in [4.69, 9.17) is 4.74 Å². The number of hydrogen-bond donors (Lipinski definition) is 0. The van der Waals surface area contributed by atoms with Crippen LogP contribution in [0.25, 0.3) is 0 Å². The topological polar surface area (TPSA) is 9.23 Å². The third-order valence-corrected chi connectivity index (χ3v) is 7.14. The van der Waals surface area contributed by atoms with Gasteiger partial charge in [-0.2, -0.15) is 0 Å². The SMILES string of the molecule is CCc1ccc(Br)cc1C1CC2C(C1)C1(C)CCC2(C)O1. The monoisotopic (exact) mass is 348 g/mol. The van der Waals surface area contributed by atoms with Gasteiger partial charge in [-0.15, -0.1) is 0 Å². The minimum Gasteiger partial charge on any atom is -0.369 e. The molecule has 2 aliphatic heterocycles. The van der Waals surface area contributed by atoms with Crippen LogP contribution in [0.1, 0.15) is 63.5 Å². The molecule has 4 atom stereocenters. The van der Waals surface area contributed by atoms with Crippen LogP contribution < -0.4 is 0 Å². The molecule has 2 heterocycles. The van der Waals surface area contributed by atoms with E-state index in [0.29, 0.717) is 0 Å². The van der Waals surface area contributed by atoms with Crippen molar-refractivity contribution in [1.82, 2.24) is 0 Å². The van der Waals surface area contributed by atoms with Gasteiger partial charge in [0.1, 0.15) is 0 Å². The lowest BCUT2D eigenvalue weighted by Crippen LogP contribution is -2.34. The molecular weight excluding hydrogens is 324 g/mol. The molecule has 0 aromatic heterocycles. The zero-order valence-electron chi connectivity index (χ0n) is 13.3. The normalized spacial score (nSPS) is 44.3. The standard InChI is InChI=1S/C19H25BrO/c1-4-12-5-6-14(20)11-15(12)13-9-16-17(10-13)19(3)8-7-18(16,2)21-19/h5-6,11,13,16-17H,4,7-10H2,1-3H3. The second-order valence-corrected chi connectivity index (χ2v) is 8.72. The van der Waals surface area contributed by atoms with E-state index in [0.717, 1.165) is 24.2 Å². The molecule has 114 valence electrons. The molecule has 0 radical (unpaired) electrons. The first-order chi connectivity index (χ1) is 9.95. The Hall–Kier alpha value is -0.340. The highest BCUT2D eigenvalue weighted by Crippen LogP contribution is 2.65. The van der Waals surface area contributed by atoms with E-state index in [1.54, 1.807) is 5.56 Å². The van der Waals surface area contributed by atoms with Gasteiger partial charge in [0.2, 0.25) is 0 Å². The third-order valence-electron chi connectivity index (χ3n) is 6.64. The smallest absolute Gasteiger partial charge is 0.0695 e. The number of hydrogen-bond acceptors (Lipinski definition) is 1. The van der Waals surface area contributed by atoms with Crippen molar-refractivity contribution in [2.45, 2.75) is 70.0 Å². The number of fused-ring (bicyclic) bond motifs is 5. The molecule has 4 rings (SSSR count). The summed E-state index contributed by atoms with van der Waals surface area (Å²) in [4.78, 5) is 0. The Morgan fingerprint density at radius 1 is 1.14 bits per heavy atom. The first-order valence-corrected chi connectivity index (χ1v) is 9.23. The van der Waals surface area contributed by atoms with Gasteiger partial charge < -0.3 is 4.74 Å². The summed E-state index contributed by atoms with van der Waals surface area (Å²) in [5, 5.41) is 0. The first kappa shape index (κ1) is 14.3. The van der Waals surface area contributed by atoms with E-state index in [9.17, 15) is 0 Å². The predicted octanol–water partition coefficient (Wildman–Crippen LogP) is 5.46. The number of halogens is 1. The van der Waals surface area contributed by atoms with Crippen LogP contribution >= 0.6 is 15.9 Å². The Bertz CT molecular complexity index is 559. The Kier molecular flexibility index (Phi) is 3.11. The number of rotatable bonds is 2. The average Bonchev–Trinajstić information content (AvgIpc) is 3.07. The van der Waals surface area contributed by atoms with Gasteiger partial charge in [-0.25, -0.2) is 0 Å².